The molecule has 2 rings (SSSR count). The van der Waals surface area contributed by atoms with Crippen molar-refractivity contribution < 1.29 is 4.79 Å². The first-order valence-electron chi connectivity index (χ1n) is 7.51. The van der Waals surface area contributed by atoms with Crippen molar-refractivity contribution in [1.82, 2.24) is 10.2 Å². The highest BCUT2D eigenvalue weighted by Gasteiger charge is 2.20. The molecule has 1 N–H and O–H groups in total. The highest BCUT2D eigenvalue weighted by Crippen LogP contribution is 2.21. The number of hydrogen-bond donors (Lipinski definition) is 1. The number of hydrogen-bond acceptors (Lipinski definition) is 2. The smallest absolute Gasteiger partial charge is 0.234 e. The molecule has 0 aliphatic carbocycles. The number of amides is 1. The zero-order valence-corrected chi connectivity index (χ0v) is 13.9. The van der Waals surface area contributed by atoms with Crippen LogP contribution in [0.1, 0.15) is 31.7 Å². The molecule has 3 nitrogen and oxygen atoms in total. The van der Waals surface area contributed by atoms with Crippen LogP contribution in [0, 0.1) is 0 Å². The van der Waals surface area contributed by atoms with Gasteiger partial charge in [0.25, 0.3) is 0 Å². The number of carbonyl (C=O) groups is 1. The molecule has 0 spiro atoms. The Morgan fingerprint density at radius 1 is 1.38 bits per heavy atom. The zero-order chi connectivity index (χ0) is 15.2. The molecule has 1 atom stereocenters. The van der Waals surface area contributed by atoms with Crippen molar-refractivity contribution in [3.8, 4) is 0 Å². The van der Waals surface area contributed by atoms with Gasteiger partial charge in [0.05, 0.1) is 6.54 Å². The molecule has 1 aliphatic heterocycles. The van der Waals surface area contributed by atoms with Gasteiger partial charge in [0.1, 0.15) is 0 Å². The van der Waals surface area contributed by atoms with Gasteiger partial charge in [-0.15, -0.1) is 0 Å². The molecule has 0 saturated carbocycles. The Labute approximate surface area is 136 Å². The molecular formula is C16H22Cl2N2O. The zero-order valence-electron chi connectivity index (χ0n) is 12.4. The summed E-state index contributed by atoms with van der Waals surface area (Å²) in [6.07, 6.45) is 4.37. The van der Waals surface area contributed by atoms with E-state index in [-0.39, 0.29) is 5.91 Å². The van der Waals surface area contributed by atoms with Crippen molar-refractivity contribution in [3.05, 3.63) is 33.8 Å². The standard InChI is InChI=1S/C16H22Cl2N2O/c1-12-4-2-3-9-20(12)11-16(21)19-8-7-13-5-6-14(17)10-15(13)18/h5-6,10,12H,2-4,7-9,11H2,1H3,(H,19,21)/t12-/m0/s1. The first kappa shape index (κ1) is 16.6. The van der Waals surface area contributed by atoms with Crippen LogP contribution in [-0.2, 0) is 11.2 Å². The van der Waals surface area contributed by atoms with Crippen LogP contribution in [0.2, 0.25) is 10.0 Å². The number of halogens is 2. The lowest BCUT2D eigenvalue weighted by molar-refractivity contribution is -0.123. The minimum Gasteiger partial charge on any atom is -0.355 e. The molecule has 1 heterocycles. The SMILES string of the molecule is C[C@H]1CCCCN1CC(=O)NCCc1ccc(Cl)cc1Cl. The number of carbonyl (C=O) groups excluding carboxylic acids is 1. The molecule has 5 heteroatoms. The third kappa shape index (κ3) is 5.17. The van der Waals surface area contributed by atoms with Gasteiger partial charge >= 0.3 is 0 Å². The normalized spacial score (nSPS) is 19.5. The van der Waals surface area contributed by atoms with E-state index in [0.29, 0.717) is 29.2 Å². The largest absolute Gasteiger partial charge is 0.355 e. The molecule has 1 aromatic rings. The van der Waals surface area contributed by atoms with Crippen LogP contribution in [0.5, 0.6) is 0 Å². The second kappa shape index (κ2) is 8.02. The highest BCUT2D eigenvalue weighted by atomic mass is 35.5. The number of nitrogens with zero attached hydrogens (tertiary/aromatic N) is 1. The minimum atomic E-state index is 0.0915. The van der Waals surface area contributed by atoms with Crippen LogP contribution in [0.15, 0.2) is 18.2 Å². The van der Waals surface area contributed by atoms with Gasteiger partial charge in [-0.05, 0) is 50.4 Å². The molecule has 0 radical (unpaired) electrons. The first-order chi connectivity index (χ1) is 10.1. The van der Waals surface area contributed by atoms with Gasteiger partial charge in [-0.25, -0.2) is 0 Å². The summed E-state index contributed by atoms with van der Waals surface area (Å²) in [6.45, 7) is 4.31. The predicted octanol–water partition coefficient (Wildman–Crippen LogP) is 3.53. The third-order valence-corrected chi connectivity index (χ3v) is 4.61. The Morgan fingerprint density at radius 2 is 2.19 bits per heavy atom. The lowest BCUT2D eigenvalue weighted by atomic mass is 10.0. The molecule has 1 saturated heterocycles. The monoisotopic (exact) mass is 328 g/mol. The summed E-state index contributed by atoms with van der Waals surface area (Å²) < 4.78 is 0. The van der Waals surface area contributed by atoms with E-state index < -0.39 is 0 Å². The fourth-order valence-corrected chi connectivity index (χ4v) is 3.20. The third-order valence-electron chi connectivity index (χ3n) is 4.02. The van der Waals surface area contributed by atoms with Crippen molar-refractivity contribution in [1.29, 1.82) is 0 Å². The van der Waals surface area contributed by atoms with E-state index in [0.717, 1.165) is 18.5 Å². The first-order valence-corrected chi connectivity index (χ1v) is 8.26. The van der Waals surface area contributed by atoms with Crippen molar-refractivity contribution in [3.63, 3.8) is 0 Å². The number of likely N-dealkylation sites (tertiary alicyclic amines) is 1. The molecule has 0 aromatic heterocycles. The van der Waals surface area contributed by atoms with Gasteiger partial charge < -0.3 is 5.32 Å². The second-order valence-corrected chi connectivity index (χ2v) is 6.49. The maximum atomic E-state index is 12.0. The van der Waals surface area contributed by atoms with E-state index in [1.807, 2.05) is 12.1 Å². The summed E-state index contributed by atoms with van der Waals surface area (Å²) in [5.74, 6) is 0.0915. The molecule has 1 aliphatic rings. The molecule has 1 amide bonds. The predicted molar refractivity (Wildman–Crippen MR) is 88.1 cm³/mol. The second-order valence-electron chi connectivity index (χ2n) is 5.65. The van der Waals surface area contributed by atoms with E-state index in [2.05, 4.69) is 17.1 Å². The molecule has 116 valence electrons. The van der Waals surface area contributed by atoms with Gasteiger partial charge in [0, 0.05) is 22.6 Å². The fourth-order valence-electron chi connectivity index (χ4n) is 2.69. The van der Waals surface area contributed by atoms with Gasteiger partial charge in [0.2, 0.25) is 5.91 Å². The fraction of sp³-hybridized carbons (Fsp3) is 0.562. The van der Waals surface area contributed by atoms with E-state index >= 15 is 0 Å². The van der Waals surface area contributed by atoms with Crippen molar-refractivity contribution in [2.45, 2.75) is 38.6 Å². The van der Waals surface area contributed by atoms with Crippen LogP contribution in [0.25, 0.3) is 0 Å². The molecule has 0 bridgehead atoms. The Hall–Kier alpha value is -0.770. The Bertz CT molecular complexity index is 493. The number of nitrogens with one attached hydrogen (secondary N) is 1. The highest BCUT2D eigenvalue weighted by molar-refractivity contribution is 6.35. The Morgan fingerprint density at radius 3 is 2.90 bits per heavy atom. The lowest BCUT2D eigenvalue weighted by Gasteiger charge is -2.32. The van der Waals surface area contributed by atoms with Crippen LogP contribution >= 0.6 is 23.2 Å². The molecule has 1 fully saturated rings. The Balaban J connectivity index is 1.73. The molecular weight excluding hydrogens is 307 g/mol. The Kier molecular flexibility index (Phi) is 6.34. The average Bonchev–Trinajstić information content (AvgIpc) is 2.44. The maximum Gasteiger partial charge on any atom is 0.234 e. The van der Waals surface area contributed by atoms with Gasteiger partial charge in [-0.2, -0.15) is 0 Å². The van der Waals surface area contributed by atoms with Crippen molar-refractivity contribution in [2.24, 2.45) is 0 Å². The molecule has 0 unspecified atom stereocenters. The summed E-state index contributed by atoms with van der Waals surface area (Å²) in [5, 5.41) is 4.25. The maximum absolute atomic E-state index is 12.0. The molecule has 21 heavy (non-hydrogen) atoms. The van der Waals surface area contributed by atoms with Gasteiger partial charge in [-0.3, -0.25) is 9.69 Å². The number of benzene rings is 1. The van der Waals surface area contributed by atoms with Crippen molar-refractivity contribution >= 4 is 29.1 Å². The van der Waals surface area contributed by atoms with E-state index in [1.54, 1.807) is 6.07 Å². The van der Waals surface area contributed by atoms with E-state index in [9.17, 15) is 4.79 Å². The minimum absolute atomic E-state index is 0.0915. The van der Waals surface area contributed by atoms with Gasteiger partial charge in [0.15, 0.2) is 0 Å². The van der Waals surface area contributed by atoms with Crippen LogP contribution < -0.4 is 5.32 Å². The van der Waals surface area contributed by atoms with E-state index in [1.165, 1.54) is 19.3 Å². The van der Waals surface area contributed by atoms with Crippen LogP contribution in [0.4, 0.5) is 0 Å². The molecule has 1 aromatic carbocycles. The quantitative estimate of drug-likeness (QED) is 0.896. The summed E-state index contributed by atoms with van der Waals surface area (Å²) in [5.41, 5.74) is 1.01. The summed E-state index contributed by atoms with van der Waals surface area (Å²) in [6, 6.07) is 5.97. The number of piperidine rings is 1. The van der Waals surface area contributed by atoms with Crippen LogP contribution in [-0.4, -0.2) is 36.5 Å². The topological polar surface area (TPSA) is 32.3 Å². The lowest BCUT2D eigenvalue weighted by Crippen LogP contribution is -2.44. The number of rotatable bonds is 5. The van der Waals surface area contributed by atoms with Crippen molar-refractivity contribution in [2.75, 3.05) is 19.6 Å². The van der Waals surface area contributed by atoms with Crippen LogP contribution in [0.3, 0.4) is 0 Å². The van der Waals surface area contributed by atoms with Gasteiger partial charge in [-0.1, -0.05) is 35.7 Å². The summed E-state index contributed by atoms with van der Waals surface area (Å²) in [4.78, 5) is 14.2. The summed E-state index contributed by atoms with van der Waals surface area (Å²) >= 11 is 12.0. The van der Waals surface area contributed by atoms with E-state index in [4.69, 9.17) is 23.2 Å². The summed E-state index contributed by atoms with van der Waals surface area (Å²) in [7, 11) is 0. The average molecular weight is 329 g/mol.